The second-order valence-corrected chi connectivity index (χ2v) is 1.32. The Kier molecular flexibility index (Phi) is 7.35. The number of hydrogen-bond acceptors (Lipinski definition) is 3. The van der Waals surface area contributed by atoms with E-state index in [1.165, 1.54) is 6.92 Å². The van der Waals surface area contributed by atoms with Crippen molar-refractivity contribution in [3.8, 4) is 0 Å². The Labute approximate surface area is 64.0 Å². The molecule has 0 fully saturated rings. The molecule has 0 N–H and O–H groups in total. The maximum absolute atomic E-state index is 10.2. The fourth-order valence-corrected chi connectivity index (χ4v) is 0.232. The van der Waals surface area contributed by atoms with Gasteiger partial charge < -0.3 is 4.74 Å². The molecular weight excluding hydrogens is 167 g/mol. The van der Waals surface area contributed by atoms with Crippen molar-refractivity contribution in [1.29, 1.82) is 0 Å². The Balaban J connectivity index is 0. The van der Waals surface area contributed by atoms with Crippen LogP contribution in [0.2, 0.25) is 0 Å². The van der Waals surface area contributed by atoms with Crippen molar-refractivity contribution in [2.45, 2.75) is 20.3 Å². The van der Waals surface area contributed by atoms with Crippen molar-refractivity contribution in [3.63, 3.8) is 0 Å². The molecule has 4 heteroatoms. The van der Waals surface area contributed by atoms with Crippen molar-refractivity contribution < 1.29 is 31.1 Å². The average molecular weight is 175 g/mol. The van der Waals surface area contributed by atoms with E-state index in [4.69, 9.17) is 0 Å². The van der Waals surface area contributed by atoms with Gasteiger partial charge in [-0.3, -0.25) is 9.59 Å². The predicted molar refractivity (Wildman–Crippen MR) is 27.1 cm³/mol. The van der Waals surface area contributed by atoms with Crippen LogP contribution in [0.1, 0.15) is 20.3 Å². The Hall–Kier alpha value is -0.354. The van der Waals surface area contributed by atoms with E-state index in [2.05, 4.69) is 4.74 Å². The molecule has 0 bridgehead atoms. The molecule has 1 radical (unpaired) electrons. The van der Waals surface area contributed by atoms with Gasteiger partial charge in [-0.2, -0.15) is 0 Å². The first-order valence-electron chi connectivity index (χ1n) is 2.38. The van der Waals surface area contributed by atoms with E-state index >= 15 is 0 Å². The summed E-state index contributed by atoms with van der Waals surface area (Å²) in [7, 11) is 0. The molecular formula is C5H8CoO3. The summed E-state index contributed by atoms with van der Waals surface area (Å²) in [6.45, 7) is 2.83. The molecule has 0 heterocycles. The molecule has 3 nitrogen and oxygen atoms in total. The van der Waals surface area contributed by atoms with Crippen molar-refractivity contribution in [1.82, 2.24) is 0 Å². The number of esters is 2. The molecule has 0 aliphatic rings. The minimum Gasteiger partial charge on any atom is -0.393 e. The van der Waals surface area contributed by atoms with E-state index in [1.54, 1.807) is 6.92 Å². The first-order valence-corrected chi connectivity index (χ1v) is 2.38. The topological polar surface area (TPSA) is 43.4 Å². The molecule has 0 saturated carbocycles. The van der Waals surface area contributed by atoms with Gasteiger partial charge in [0.2, 0.25) is 0 Å². The summed E-state index contributed by atoms with van der Waals surface area (Å²) >= 11 is 0. The molecule has 0 atom stereocenters. The zero-order valence-corrected chi connectivity index (χ0v) is 6.31. The van der Waals surface area contributed by atoms with Crippen LogP contribution in [-0.4, -0.2) is 11.9 Å². The fraction of sp³-hybridized carbons (Fsp3) is 0.600. The first-order chi connectivity index (χ1) is 3.66. The summed E-state index contributed by atoms with van der Waals surface area (Å²) in [6, 6.07) is 0. The minimum atomic E-state index is -0.545. The van der Waals surface area contributed by atoms with Crippen LogP contribution in [0.15, 0.2) is 0 Å². The van der Waals surface area contributed by atoms with Gasteiger partial charge in [-0.05, 0) is 0 Å². The smallest absolute Gasteiger partial charge is 0.313 e. The van der Waals surface area contributed by atoms with Gasteiger partial charge in [-0.25, -0.2) is 0 Å². The van der Waals surface area contributed by atoms with Gasteiger partial charge in [0.05, 0.1) is 0 Å². The van der Waals surface area contributed by atoms with E-state index < -0.39 is 11.9 Å². The van der Waals surface area contributed by atoms with Crippen LogP contribution in [0, 0.1) is 0 Å². The number of carbonyl (C=O) groups is 2. The van der Waals surface area contributed by atoms with E-state index in [-0.39, 0.29) is 23.2 Å². The zero-order chi connectivity index (χ0) is 6.57. The summed E-state index contributed by atoms with van der Waals surface area (Å²) < 4.78 is 4.12. The third-order valence-electron chi connectivity index (χ3n) is 0.546. The van der Waals surface area contributed by atoms with Gasteiger partial charge in [0.15, 0.2) is 0 Å². The van der Waals surface area contributed by atoms with Crippen LogP contribution in [0.3, 0.4) is 0 Å². The fourth-order valence-electron chi connectivity index (χ4n) is 0.232. The van der Waals surface area contributed by atoms with Crippen LogP contribution in [-0.2, 0) is 31.1 Å². The summed E-state index contributed by atoms with van der Waals surface area (Å²) in [5, 5.41) is 0. The van der Waals surface area contributed by atoms with Crippen molar-refractivity contribution in [2.24, 2.45) is 0 Å². The molecule has 0 aliphatic heterocycles. The largest absolute Gasteiger partial charge is 0.393 e. The second kappa shape index (κ2) is 5.78. The monoisotopic (exact) mass is 175 g/mol. The Morgan fingerprint density at radius 1 is 1.44 bits per heavy atom. The van der Waals surface area contributed by atoms with Gasteiger partial charge in [-0.1, -0.05) is 6.92 Å². The van der Waals surface area contributed by atoms with Crippen LogP contribution < -0.4 is 0 Å². The van der Waals surface area contributed by atoms with E-state index in [9.17, 15) is 9.59 Å². The van der Waals surface area contributed by atoms with Crippen LogP contribution in [0.4, 0.5) is 0 Å². The minimum absolute atomic E-state index is 0. The summed E-state index contributed by atoms with van der Waals surface area (Å²) in [6.07, 6.45) is 0.250. The molecule has 0 rings (SSSR count). The van der Waals surface area contributed by atoms with Gasteiger partial charge in [-0.15, -0.1) is 0 Å². The molecule has 9 heavy (non-hydrogen) atoms. The Bertz CT molecular complexity index is 111. The molecule has 0 unspecified atom stereocenters. The van der Waals surface area contributed by atoms with Gasteiger partial charge in [0.1, 0.15) is 0 Å². The summed E-state index contributed by atoms with van der Waals surface area (Å²) in [5.41, 5.74) is 0. The second-order valence-electron chi connectivity index (χ2n) is 1.32. The Morgan fingerprint density at radius 2 is 1.89 bits per heavy atom. The van der Waals surface area contributed by atoms with Crippen molar-refractivity contribution >= 4 is 11.9 Å². The van der Waals surface area contributed by atoms with Crippen LogP contribution >= 0.6 is 0 Å². The van der Waals surface area contributed by atoms with Gasteiger partial charge in [0, 0.05) is 30.1 Å². The number of ether oxygens (including phenoxy) is 1. The van der Waals surface area contributed by atoms with Crippen LogP contribution in [0.25, 0.3) is 0 Å². The molecule has 0 aromatic carbocycles. The van der Waals surface area contributed by atoms with E-state index in [0.717, 1.165) is 0 Å². The third kappa shape index (κ3) is 7.65. The zero-order valence-electron chi connectivity index (χ0n) is 5.27. The molecule has 0 aliphatic carbocycles. The van der Waals surface area contributed by atoms with Crippen molar-refractivity contribution in [3.05, 3.63) is 0 Å². The average Bonchev–Trinajstić information content (AvgIpc) is 1.65. The van der Waals surface area contributed by atoms with E-state index in [0.29, 0.717) is 0 Å². The molecule has 0 amide bonds. The summed E-state index contributed by atoms with van der Waals surface area (Å²) in [5.74, 6) is -1.02. The first kappa shape index (κ1) is 11.4. The SMILES string of the molecule is CCC(=O)OC(C)=O.[Co]. The maximum Gasteiger partial charge on any atom is 0.313 e. The normalized spacial score (nSPS) is 7.33. The number of carbonyl (C=O) groups excluding carboxylic acids is 2. The molecule has 0 saturated heterocycles. The standard InChI is InChI=1S/C5H8O3.Co/c1-3-5(7)8-4(2)6;/h3H2,1-2H3;. The van der Waals surface area contributed by atoms with Gasteiger partial charge >= 0.3 is 11.9 Å². The Morgan fingerprint density at radius 3 is 2.00 bits per heavy atom. The third-order valence-corrected chi connectivity index (χ3v) is 0.546. The van der Waals surface area contributed by atoms with Crippen LogP contribution in [0.5, 0.6) is 0 Å². The van der Waals surface area contributed by atoms with E-state index in [1.807, 2.05) is 0 Å². The maximum atomic E-state index is 10.2. The number of rotatable bonds is 1. The quantitative estimate of drug-likeness (QED) is 0.430. The molecule has 55 valence electrons. The molecule has 0 aromatic rings. The molecule has 0 spiro atoms. The summed E-state index contributed by atoms with van der Waals surface area (Å²) in [4.78, 5) is 20.1. The van der Waals surface area contributed by atoms with Gasteiger partial charge in [0.25, 0.3) is 0 Å². The molecule has 0 aromatic heterocycles. The predicted octanol–water partition coefficient (Wildman–Crippen LogP) is 0.484. The number of hydrogen-bond donors (Lipinski definition) is 0. The van der Waals surface area contributed by atoms with Crippen molar-refractivity contribution in [2.75, 3.05) is 0 Å².